The summed E-state index contributed by atoms with van der Waals surface area (Å²) >= 11 is 7.36. The third-order valence-electron chi connectivity index (χ3n) is 11.4. The molecule has 5 aromatic rings. The molecule has 0 aromatic heterocycles. The van der Waals surface area contributed by atoms with Crippen LogP contribution in [0, 0.1) is 0 Å². The van der Waals surface area contributed by atoms with E-state index in [4.69, 9.17) is 0 Å². The minimum atomic E-state index is 0.715. The third-order valence-corrected chi connectivity index (χ3v) is 12.5. The molecule has 0 amide bonds. The summed E-state index contributed by atoms with van der Waals surface area (Å²) in [6, 6.07) is 39.5. The molecule has 0 atom stereocenters. The van der Waals surface area contributed by atoms with Gasteiger partial charge in [-0.05, 0) is 169 Å². The average Bonchev–Trinajstić information content (AvgIpc) is 3.11. The number of hydrogen-bond acceptors (Lipinski definition) is 1. The lowest BCUT2D eigenvalue weighted by molar-refractivity contribution is 0.359. The van der Waals surface area contributed by atoms with Gasteiger partial charge in [-0.2, -0.15) is 0 Å². The quantitative estimate of drug-likeness (QED) is 0.175. The number of benzene rings is 5. The molecule has 5 aromatic carbocycles. The van der Waals surface area contributed by atoms with E-state index in [0.717, 1.165) is 38.1 Å². The van der Waals surface area contributed by atoms with Crippen LogP contribution in [0.5, 0.6) is 0 Å². The standard InChI is InChI=1S/C42H37Br2N/c43-33-12-16-35(17-13-33)45(36-18-14-34(44)15-19-36)42-25-31(30-9-20-37-26-1-5-28(6-2-26)40(37)23-30)10-22-39(42)32-11-21-38-27-3-7-29(8-4-27)41(38)24-32/h9-29H,1-8H2. The SMILES string of the molecule is Brc1ccc(N(c2ccc(Br)cc2)c2cc(-c3ccc4c(c3)C3CCC4CC3)ccc2-c2ccc3c(c2)C2CCC3CC2)cc1. The van der Waals surface area contributed by atoms with E-state index in [-0.39, 0.29) is 0 Å². The van der Waals surface area contributed by atoms with Crippen LogP contribution in [-0.4, -0.2) is 0 Å². The average molecular weight is 716 g/mol. The van der Waals surface area contributed by atoms with Crippen LogP contribution in [0.25, 0.3) is 22.3 Å². The van der Waals surface area contributed by atoms with Crippen LogP contribution >= 0.6 is 31.9 Å². The maximum Gasteiger partial charge on any atom is 0.0546 e. The molecule has 0 spiro atoms. The topological polar surface area (TPSA) is 3.24 Å². The van der Waals surface area contributed by atoms with Crippen LogP contribution in [0.4, 0.5) is 17.1 Å². The van der Waals surface area contributed by atoms with Gasteiger partial charge in [0.05, 0.1) is 5.69 Å². The second-order valence-corrected chi connectivity index (χ2v) is 15.6. The highest BCUT2D eigenvalue weighted by Gasteiger charge is 2.34. The van der Waals surface area contributed by atoms with E-state index < -0.39 is 0 Å². The van der Waals surface area contributed by atoms with E-state index in [2.05, 4.69) is 140 Å². The van der Waals surface area contributed by atoms with Crippen molar-refractivity contribution in [1.82, 2.24) is 0 Å². The zero-order chi connectivity index (χ0) is 30.1. The van der Waals surface area contributed by atoms with Gasteiger partial charge in [0.1, 0.15) is 0 Å². The van der Waals surface area contributed by atoms with Crippen molar-refractivity contribution in [3.8, 4) is 22.3 Å². The molecule has 0 heterocycles. The first kappa shape index (κ1) is 28.1. The maximum atomic E-state index is 3.68. The Balaban J connectivity index is 1.24. The van der Waals surface area contributed by atoms with Crippen LogP contribution in [-0.2, 0) is 0 Å². The molecule has 45 heavy (non-hydrogen) atoms. The Morgan fingerprint density at radius 1 is 0.400 bits per heavy atom. The van der Waals surface area contributed by atoms with Crippen molar-refractivity contribution in [2.24, 2.45) is 0 Å². The van der Waals surface area contributed by atoms with E-state index in [1.807, 2.05) is 0 Å². The van der Waals surface area contributed by atoms with Crippen LogP contribution < -0.4 is 4.90 Å². The molecular weight excluding hydrogens is 678 g/mol. The molecule has 2 saturated carbocycles. The van der Waals surface area contributed by atoms with Gasteiger partial charge in [-0.25, -0.2) is 0 Å². The highest BCUT2D eigenvalue weighted by atomic mass is 79.9. The Labute approximate surface area is 284 Å². The number of nitrogens with zero attached hydrogens (tertiary/aromatic N) is 1. The van der Waals surface area contributed by atoms with Gasteiger partial charge in [0.2, 0.25) is 0 Å². The zero-order valence-corrected chi connectivity index (χ0v) is 28.7. The van der Waals surface area contributed by atoms with Gasteiger partial charge >= 0.3 is 0 Å². The van der Waals surface area contributed by atoms with Crippen molar-refractivity contribution in [2.75, 3.05) is 4.90 Å². The molecule has 4 bridgehead atoms. The summed E-state index contributed by atoms with van der Waals surface area (Å²) in [5.74, 6) is 2.97. The summed E-state index contributed by atoms with van der Waals surface area (Å²) in [5.41, 5.74) is 15.2. The van der Waals surface area contributed by atoms with Gasteiger partial charge in [0, 0.05) is 25.9 Å². The minimum Gasteiger partial charge on any atom is -0.310 e. The van der Waals surface area contributed by atoms with Crippen molar-refractivity contribution in [3.05, 3.63) is 134 Å². The molecule has 224 valence electrons. The summed E-state index contributed by atoms with van der Waals surface area (Å²) < 4.78 is 2.17. The maximum absolute atomic E-state index is 3.68. The Morgan fingerprint density at radius 2 is 0.800 bits per heavy atom. The minimum absolute atomic E-state index is 0.715. The molecule has 2 fully saturated rings. The van der Waals surface area contributed by atoms with Crippen molar-refractivity contribution < 1.29 is 0 Å². The molecule has 0 N–H and O–H groups in total. The molecule has 0 unspecified atom stereocenters. The second-order valence-electron chi connectivity index (χ2n) is 13.8. The van der Waals surface area contributed by atoms with Crippen LogP contribution in [0.2, 0.25) is 0 Å². The molecule has 11 rings (SSSR count). The van der Waals surface area contributed by atoms with Gasteiger partial charge in [-0.1, -0.05) is 80.4 Å². The predicted octanol–water partition coefficient (Wildman–Crippen LogP) is 13.5. The van der Waals surface area contributed by atoms with Crippen molar-refractivity contribution in [2.45, 2.75) is 75.0 Å². The fraction of sp³-hybridized carbons (Fsp3) is 0.286. The first-order chi connectivity index (χ1) is 22.1. The summed E-state index contributed by atoms with van der Waals surface area (Å²) in [4.78, 5) is 2.45. The van der Waals surface area contributed by atoms with Crippen molar-refractivity contribution in [1.29, 1.82) is 0 Å². The number of halogens is 2. The van der Waals surface area contributed by atoms with Crippen LogP contribution in [0.1, 0.15) is 97.3 Å². The Bertz CT molecular complexity index is 1850. The van der Waals surface area contributed by atoms with Crippen molar-refractivity contribution >= 4 is 48.9 Å². The Kier molecular flexibility index (Phi) is 7.05. The molecule has 6 aliphatic carbocycles. The summed E-state index contributed by atoms with van der Waals surface area (Å²) in [7, 11) is 0. The monoisotopic (exact) mass is 713 g/mol. The summed E-state index contributed by atoms with van der Waals surface area (Å²) in [6.07, 6.45) is 10.9. The first-order valence-corrected chi connectivity index (χ1v) is 18.4. The van der Waals surface area contributed by atoms with Gasteiger partial charge in [0.15, 0.2) is 0 Å². The van der Waals surface area contributed by atoms with Gasteiger partial charge in [-0.15, -0.1) is 0 Å². The molecule has 3 heteroatoms. The van der Waals surface area contributed by atoms with Gasteiger partial charge < -0.3 is 4.90 Å². The second kappa shape index (κ2) is 11.3. The fourth-order valence-electron chi connectivity index (χ4n) is 9.13. The Hall–Kier alpha value is -3.14. The number of rotatable bonds is 5. The molecule has 0 saturated heterocycles. The molecule has 6 aliphatic rings. The first-order valence-electron chi connectivity index (χ1n) is 16.8. The largest absolute Gasteiger partial charge is 0.310 e. The molecular formula is C42H37Br2N. The lowest BCUT2D eigenvalue weighted by Crippen LogP contribution is -2.21. The van der Waals surface area contributed by atoms with E-state index in [9.17, 15) is 0 Å². The third kappa shape index (κ3) is 4.93. The number of hydrogen-bond donors (Lipinski definition) is 0. The molecule has 1 nitrogen and oxygen atoms in total. The lowest BCUT2D eigenvalue weighted by atomic mass is 9.66. The highest BCUT2D eigenvalue weighted by Crippen LogP contribution is 2.52. The van der Waals surface area contributed by atoms with E-state index in [0.29, 0.717) is 5.92 Å². The Morgan fingerprint density at radius 3 is 1.31 bits per heavy atom. The highest BCUT2D eigenvalue weighted by molar-refractivity contribution is 9.10. The fourth-order valence-corrected chi connectivity index (χ4v) is 9.65. The number of fused-ring (bicyclic) bond motifs is 4. The number of anilines is 3. The van der Waals surface area contributed by atoms with Crippen LogP contribution in [0.15, 0.2) is 112 Å². The van der Waals surface area contributed by atoms with Crippen molar-refractivity contribution in [3.63, 3.8) is 0 Å². The van der Waals surface area contributed by atoms with E-state index in [1.54, 1.807) is 22.3 Å². The lowest BCUT2D eigenvalue weighted by Gasteiger charge is -2.38. The smallest absolute Gasteiger partial charge is 0.0546 e. The van der Waals surface area contributed by atoms with Gasteiger partial charge in [0.25, 0.3) is 0 Å². The molecule has 0 radical (unpaired) electrons. The summed E-state index contributed by atoms with van der Waals surface area (Å²) in [6.45, 7) is 0. The van der Waals surface area contributed by atoms with E-state index in [1.165, 1.54) is 79.3 Å². The zero-order valence-electron chi connectivity index (χ0n) is 25.5. The van der Waals surface area contributed by atoms with Crippen LogP contribution in [0.3, 0.4) is 0 Å². The predicted molar refractivity (Wildman–Crippen MR) is 195 cm³/mol. The normalized spacial score (nSPS) is 22.6. The van der Waals surface area contributed by atoms with E-state index >= 15 is 0 Å². The van der Waals surface area contributed by atoms with Gasteiger partial charge in [-0.3, -0.25) is 0 Å². The molecule has 0 aliphatic heterocycles. The summed E-state index contributed by atoms with van der Waals surface area (Å²) in [5, 5.41) is 0.